The molecule has 2 nitrogen and oxygen atoms in total. The lowest BCUT2D eigenvalue weighted by Gasteiger charge is -2.56. The minimum atomic E-state index is -0.781. The molecule has 0 amide bonds. The van der Waals surface area contributed by atoms with Gasteiger partial charge in [-0.3, -0.25) is 0 Å². The molecule has 0 heterocycles. The molecule has 1 N–H and O–H groups in total. The molecule has 0 spiro atoms. The zero-order valence-corrected chi connectivity index (χ0v) is 14.4. The number of nitrogens with zero attached hydrogens (tertiary/aromatic N) is 1. The highest BCUT2D eigenvalue weighted by atomic mass is 16.3. The molecular weight excluding hydrogens is 258 g/mol. The molecule has 0 aliphatic heterocycles. The Morgan fingerprint density at radius 2 is 1.71 bits per heavy atom. The Hall–Kier alpha value is -0.550. The molecule has 0 saturated heterocycles. The molecule has 0 radical (unpaired) electrons. The summed E-state index contributed by atoms with van der Waals surface area (Å²) in [4.78, 5) is 0. The highest BCUT2D eigenvalue weighted by Crippen LogP contribution is 2.57. The lowest BCUT2D eigenvalue weighted by atomic mass is 9.50. The lowest BCUT2D eigenvalue weighted by Crippen LogP contribution is -2.58. The van der Waals surface area contributed by atoms with Gasteiger partial charge in [0.15, 0.2) is 0 Å². The summed E-state index contributed by atoms with van der Waals surface area (Å²) in [5.74, 6) is 1.00. The van der Waals surface area contributed by atoms with Crippen molar-refractivity contribution in [1.82, 2.24) is 0 Å². The van der Waals surface area contributed by atoms with Crippen LogP contribution < -0.4 is 0 Å². The van der Waals surface area contributed by atoms with E-state index in [1.807, 2.05) is 0 Å². The van der Waals surface area contributed by atoms with Crippen molar-refractivity contribution in [2.24, 2.45) is 22.7 Å². The molecule has 0 aromatic carbocycles. The van der Waals surface area contributed by atoms with Gasteiger partial charge in [-0.05, 0) is 55.8 Å². The van der Waals surface area contributed by atoms with Crippen molar-refractivity contribution in [3.63, 3.8) is 0 Å². The Balaban J connectivity index is 2.32. The van der Waals surface area contributed by atoms with Crippen molar-refractivity contribution in [2.75, 3.05) is 0 Å². The highest BCUT2D eigenvalue weighted by Gasteiger charge is 2.58. The van der Waals surface area contributed by atoms with Gasteiger partial charge in [0, 0.05) is 0 Å². The number of aliphatic hydroxyl groups is 1. The predicted molar refractivity (Wildman–Crippen MR) is 86.7 cm³/mol. The van der Waals surface area contributed by atoms with E-state index in [1.165, 1.54) is 12.8 Å². The fourth-order valence-electron chi connectivity index (χ4n) is 5.10. The first-order chi connectivity index (χ1) is 9.79. The van der Waals surface area contributed by atoms with Crippen LogP contribution in [0.2, 0.25) is 0 Å². The van der Waals surface area contributed by atoms with Gasteiger partial charge in [-0.2, -0.15) is 5.26 Å². The van der Waals surface area contributed by atoms with Crippen LogP contribution in [0.25, 0.3) is 0 Å². The lowest BCUT2D eigenvalue weighted by molar-refractivity contribution is -0.167. The molecule has 2 saturated carbocycles. The van der Waals surface area contributed by atoms with Crippen LogP contribution in [0.4, 0.5) is 0 Å². The van der Waals surface area contributed by atoms with E-state index in [0.717, 1.165) is 50.9 Å². The molecule has 2 fully saturated rings. The zero-order valence-electron chi connectivity index (χ0n) is 14.4. The normalized spacial score (nSPS) is 41.5. The van der Waals surface area contributed by atoms with Crippen molar-refractivity contribution in [2.45, 2.75) is 91.1 Å². The molecule has 2 heteroatoms. The molecule has 0 aromatic heterocycles. The van der Waals surface area contributed by atoms with Crippen LogP contribution >= 0.6 is 0 Å². The van der Waals surface area contributed by atoms with Gasteiger partial charge in [-0.15, -0.1) is 0 Å². The molecule has 2 unspecified atom stereocenters. The average molecular weight is 291 g/mol. The van der Waals surface area contributed by atoms with Crippen molar-refractivity contribution in [3.8, 4) is 6.07 Å². The monoisotopic (exact) mass is 291 g/mol. The third-order valence-electron chi connectivity index (χ3n) is 6.50. The van der Waals surface area contributed by atoms with E-state index >= 15 is 0 Å². The van der Waals surface area contributed by atoms with E-state index in [2.05, 4.69) is 33.8 Å². The van der Waals surface area contributed by atoms with Gasteiger partial charge in [-0.25, -0.2) is 0 Å². The van der Waals surface area contributed by atoms with Crippen molar-refractivity contribution < 1.29 is 5.11 Å². The molecule has 0 bridgehead atoms. The summed E-state index contributed by atoms with van der Waals surface area (Å²) in [5, 5.41) is 21.7. The summed E-state index contributed by atoms with van der Waals surface area (Å²) >= 11 is 0. The van der Waals surface area contributed by atoms with E-state index in [-0.39, 0.29) is 11.3 Å². The number of nitriles is 1. The SMILES string of the molecule is CCC1CCC(C#N)(C2(O)CCCCC2C(C)(C)C)CC1. The van der Waals surface area contributed by atoms with Gasteiger partial charge in [0.1, 0.15) is 0 Å². The zero-order chi connectivity index (χ0) is 15.7. The average Bonchev–Trinajstić information content (AvgIpc) is 2.46. The van der Waals surface area contributed by atoms with Gasteiger partial charge in [-0.1, -0.05) is 47.0 Å². The van der Waals surface area contributed by atoms with E-state index in [0.29, 0.717) is 0 Å². The molecular formula is C19H33NO. The van der Waals surface area contributed by atoms with Crippen LogP contribution in [0.5, 0.6) is 0 Å². The predicted octanol–water partition coefficient (Wildman–Crippen LogP) is 5.06. The van der Waals surface area contributed by atoms with Crippen molar-refractivity contribution in [1.29, 1.82) is 5.26 Å². The van der Waals surface area contributed by atoms with Crippen LogP contribution in [-0.4, -0.2) is 10.7 Å². The molecule has 2 aliphatic carbocycles. The number of rotatable bonds is 2. The maximum Gasteiger partial charge on any atom is 0.0866 e. The van der Waals surface area contributed by atoms with Crippen molar-refractivity contribution in [3.05, 3.63) is 0 Å². The van der Waals surface area contributed by atoms with Gasteiger partial charge in [0.2, 0.25) is 0 Å². The second kappa shape index (κ2) is 5.92. The summed E-state index contributed by atoms with van der Waals surface area (Å²) in [7, 11) is 0. The molecule has 2 rings (SSSR count). The summed E-state index contributed by atoms with van der Waals surface area (Å²) < 4.78 is 0. The largest absolute Gasteiger partial charge is 0.388 e. The van der Waals surface area contributed by atoms with E-state index < -0.39 is 11.0 Å². The van der Waals surface area contributed by atoms with Crippen LogP contribution in [0.3, 0.4) is 0 Å². The highest BCUT2D eigenvalue weighted by molar-refractivity contribution is 5.17. The van der Waals surface area contributed by atoms with Gasteiger partial charge in [0.05, 0.1) is 17.1 Å². The fourth-order valence-corrected chi connectivity index (χ4v) is 5.10. The Morgan fingerprint density at radius 1 is 1.10 bits per heavy atom. The van der Waals surface area contributed by atoms with E-state index in [4.69, 9.17) is 0 Å². The van der Waals surface area contributed by atoms with Crippen LogP contribution in [0.1, 0.15) is 85.5 Å². The van der Waals surface area contributed by atoms with Crippen LogP contribution in [0.15, 0.2) is 0 Å². The molecule has 2 aliphatic rings. The first kappa shape index (κ1) is 16.8. The molecule has 120 valence electrons. The first-order valence-electron chi connectivity index (χ1n) is 8.93. The molecule has 2 atom stereocenters. The second-order valence-electron chi connectivity index (χ2n) is 8.63. The number of hydrogen-bond donors (Lipinski definition) is 1. The topological polar surface area (TPSA) is 44.0 Å². The van der Waals surface area contributed by atoms with E-state index in [9.17, 15) is 10.4 Å². The minimum absolute atomic E-state index is 0.0701. The fraction of sp³-hybridized carbons (Fsp3) is 0.947. The Kier molecular flexibility index (Phi) is 4.74. The van der Waals surface area contributed by atoms with E-state index in [1.54, 1.807) is 0 Å². The summed E-state index contributed by atoms with van der Waals surface area (Å²) in [6, 6.07) is 2.62. The quantitative estimate of drug-likeness (QED) is 0.772. The van der Waals surface area contributed by atoms with Crippen LogP contribution in [0, 0.1) is 34.0 Å². The Bertz CT molecular complexity index is 395. The molecule has 21 heavy (non-hydrogen) atoms. The summed E-state index contributed by atoms with van der Waals surface area (Å²) in [5.41, 5.74) is -1.21. The summed E-state index contributed by atoms with van der Waals surface area (Å²) in [6.07, 6.45) is 9.39. The molecule has 0 aromatic rings. The third-order valence-corrected chi connectivity index (χ3v) is 6.50. The maximum atomic E-state index is 11.7. The van der Waals surface area contributed by atoms with Crippen LogP contribution in [-0.2, 0) is 0 Å². The van der Waals surface area contributed by atoms with Gasteiger partial charge in [0.25, 0.3) is 0 Å². The number of hydrogen-bond acceptors (Lipinski definition) is 2. The van der Waals surface area contributed by atoms with Gasteiger partial charge >= 0.3 is 0 Å². The van der Waals surface area contributed by atoms with Gasteiger partial charge < -0.3 is 5.11 Å². The minimum Gasteiger partial charge on any atom is -0.388 e. The standard InChI is InChI=1S/C19H33NO/c1-5-15-9-12-18(14-20,13-10-15)19(21)11-7-6-8-16(19)17(2,3)4/h15-16,21H,5-13H2,1-4H3. The third kappa shape index (κ3) is 2.87. The Labute approximate surface area is 130 Å². The first-order valence-corrected chi connectivity index (χ1v) is 8.93. The Morgan fingerprint density at radius 3 is 2.19 bits per heavy atom. The second-order valence-corrected chi connectivity index (χ2v) is 8.63. The van der Waals surface area contributed by atoms with Crippen molar-refractivity contribution >= 4 is 0 Å². The maximum absolute atomic E-state index is 11.7. The summed E-state index contributed by atoms with van der Waals surface area (Å²) in [6.45, 7) is 8.95. The smallest absolute Gasteiger partial charge is 0.0866 e.